The summed E-state index contributed by atoms with van der Waals surface area (Å²) in [6, 6.07) is 21.4. The molecule has 1 fully saturated rings. The SMILES string of the molecule is COc1cccc(N2CCN(CC(O)COc3ccccc3C(=O)CCc3ccc(F)cc3)CC2)c1.Cl. The molecule has 0 bridgehead atoms. The Morgan fingerprint density at radius 2 is 1.73 bits per heavy atom. The second-order valence-electron chi connectivity index (χ2n) is 9.00. The number of aliphatic hydroxyl groups excluding tert-OH is 1. The number of halogens is 2. The third kappa shape index (κ3) is 8.18. The Hall–Kier alpha value is -3.13. The van der Waals surface area contributed by atoms with Crippen molar-refractivity contribution in [3.8, 4) is 11.5 Å². The number of ketones is 1. The van der Waals surface area contributed by atoms with Crippen LogP contribution in [0.3, 0.4) is 0 Å². The number of ether oxygens (including phenoxy) is 2. The van der Waals surface area contributed by atoms with Crippen molar-refractivity contribution in [3.63, 3.8) is 0 Å². The maximum absolute atomic E-state index is 13.1. The van der Waals surface area contributed by atoms with Gasteiger partial charge in [-0.2, -0.15) is 0 Å². The number of hydrogen-bond acceptors (Lipinski definition) is 6. The number of benzene rings is 3. The first-order valence-electron chi connectivity index (χ1n) is 12.3. The largest absolute Gasteiger partial charge is 0.497 e. The van der Waals surface area contributed by atoms with E-state index in [2.05, 4.69) is 15.9 Å². The maximum atomic E-state index is 13.1. The lowest BCUT2D eigenvalue weighted by atomic mass is 10.0. The number of carbonyl (C=O) groups excluding carboxylic acids is 1. The quantitative estimate of drug-likeness (QED) is 0.366. The lowest BCUT2D eigenvalue weighted by Gasteiger charge is -2.37. The summed E-state index contributed by atoms with van der Waals surface area (Å²) in [5.74, 6) is 0.986. The van der Waals surface area contributed by atoms with Gasteiger partial charge in [-0.3, -0.25) is 9.69 Å². The number of hydrogen-bond donors (Lipinski definition) is 1. The molecule has 4 rings (SSSR count). The number of carbonyl (C=O) groups is 1. The van der Waals surface area contributed by atoms with Crippen molar-refractivity contribution in [2.24, 2.45) is 0 Å². The first-order chi connectivity index (χ1) is 17.5. The normalized spacial score (nSPS) is 14.5. The molecule has 0 aliphatic carbocycles. The lowest BCUT2D eigenvalue weighted by molar-refractivity contribution is 0.0655. The van der Waals surface area contributed by atoms with E-state index in [0.717, 1.165) is 43.2 Å². The summed E-state index contributed by atoms with van der Waals surface area (Å²) in [4.78, 5) is 17.4. The van der Waals surface area contributed by atoms with E-state index in [1.807, 2.05) is 24.3 Å². The Morgan fingerprint density at radius 1 is 1.00 bits per heavy atom. The predicted octanol–water partition coefficient (Wildman–Crippen LogP) is 4.63. The minimum absolute atomic E-state index is 0. The van der Waals surface area contributed by atoms with E-state index < -0.39 is 6.10 Å². The molecule has 0 radical (unpaired) electrons. The molecule has 0 amide bonds. The van der Waals surface area contributed by atoms with Crippen LogP contribution in [-0.2, 0) is 6.42 Å². The van der Waals surface area contributed by atoms with Crippen LogP contribution in [0, 0.1) is 5.82 Å². The summed E-state index contributed by atoms with van der Waals surface area (Å²) >= 11 is 0. The Bertz CT molecular complexity index is 1140. The van der Waals surface area contributed by atoms with E-state index in [1.54, 1.807) is 37.4 Å². The number of para-hydroxylation sites is 1. The summed E-state index contributed by atoms with van der Waals surface area (Å²) in [6.45, 7) is 4.03. The lowest BCUT2D eigenvalue weighted by Crippen LogP contribution is -2.49. The fraction of sp³-hybridized carbons (Fsp3) is 0.345. The van der Waals surface area contributed by atoms with Crippen LogP contribution < -0.4 is 14.4 Å². The van der Waals surface area contributed by atoms with E-state index in [1.165, 1.54) is 12.1 Å². The molecule has 3 aromatic carbocycles. The Balaban J connectivity index is 0.00000380. The summed E-state index contributed by atoms with van der Waals surface area (Å²) in [6.07, 6.45) is 0.153. The molecule has 1 N–H and O–H groups in total. The van der Waals surface area contributed by atoms with E-state index in [4.69, 9.17) is 9.47 Å². The number of aliphatic hydroxyl groups is 1. The highest BCUT2D eigenvalue weighted by Gasteiger charge is 2.21. The molecule has 1 saturated heterocycles. The molecule has 1 aliphatic heterocycles. The summed E-state index contributed by atoms with van der Waals surface area (Å²) in [5, 5.41) is 10.6. The van der Waals surface area contributed by atoms with Gasteiger partial charge in [0.25, 0.3) is 0 Å². The minimum atomic E-state index is -0.671. The number of methoxy groups -OCH3 is 1. The molecule has 37 heavy (non-hydrogen) atoms. The highest BCUT2D eigenvalue weighted by atomic mass is 35.5. The van der Waals surface area contributed by atoms with Crippen molar-refractivity contribution in [1.29, 1.82) is 0 Å². The minimum Gasteiger partial charge on any atom is -0.497 e. The van der Waals surface area contributed by atoms with Crippen LogP contribution in [0.2, 0.25) is 0 Å². The third-order valence-electron chi connectivity index (χ3n) is 6.43. The molecule has 1 unspecified atom stereocenters. The van der Waals surface area contributed by atoms with Crippen molar-refractivity contribution in [3.05, 3.63) is 89.7 Å². The number of rotatable bonds is 11. The van der Waals surface area contributed by atoms with E-state index in [0.29, 0.717) is 30.7 Å². The van der Waals surface area contributed by atoms with Gasteiger partial charge in [-0.25, -0.2) is 4.39 Å². The van der Waals surface area contributed by atoms with Crippen molar-refractivity contribution >= 4 is 23.9 Å². The van der Waals surface area contributed by atoms with Crippen LogP contribution in [0.5, 0.6) is 11.5 Å². The second kappa shape index (κ2) is 14.0. The van der Waals surface area contributed by atoms with Crippen LogP contribution >= 0.6 is 12.4 Å². The Kier molecular flexibility index (Phi) is 10.7. The maximum Gasteiger partial charge on any atom is 0.166 e. The van der Waals surface area contributed by atoms with Crippen LogP contribution in [0.25, 0.3) is 0 Å². The number of aryl methyl sites for hydroxylation is 1. The van der Waals surface area contributed by atoms with E-state index >= 15 is 0 Å². The van der Waals surface area contributed by atoms with Crippen LogP contribution in [-0.4, -0.2) is 68.3 Å². The summed E-state index contributed by atoms with van der Waals surface area (Å²) < 4.78 is 24.3. The predicted molar refractivity (Wildman–Crippen MR) is 146 cm³/mol. The van der Waals surface area contributed by atoms with Gasteiger partial charge >= 0.3 is 0 Å². The molecule has 0 aromatic heterocycles. The van der Waals surface area contributed by atoms with Gasteiger partial charge in [0.05, 0.1) is 12.7 Å². The zero-order valence-electron chi connectivity index (χ0n) is 21.0. The number of β-amino-alcohol motifs (C(OH)–C–C–N with tert-alkyl or cyclic N) is 1. The fourth-order valence-electron chi connectivity index (χ4n) is 4.40. The standard InChI is InChI=1S/C29H33FN2O4.ClH/c1-35-26-6-4-5-24(19-26)32-17-15-31(16-18-32)20-25(33)21-36-29-8-3-2-7-27(29)28(34)14-11-22-9-12-23(30)13-10-22;/h2-10,12-13,19,25,33H,11,14-18,20-21H2,1H3;1H. The van der Waals surface area contributed by atoms with Crippen molar-refractivity contribution in [2.75, 3.05) is 51.3 Å². The van der Waals surface area contributed by atoms with Gasteiger partial charge in [0.1, 0.15) is 30.0 Å². The number of piperazine rings is 1. The molecule has 3 aromatic rings. The van der Waals surface area contributed by atoms with Gasteiger partial charge < -0.3 is 19.5 Å². The third-order valence-corrected chi connectivity index (χ3v) is 6.43. The van der Waals surface area contributed by atoms with E-state index in [9.17, 15) is 14.3 Å². The Morgan fingerprint density at radius 3 is 2.46 bits per heavy atom. The van der Waals surface area contributed by atoms with E-state index in [-0.39, 0.29) is 30.6 Å². The summed E-state index contributed by atoms with van der Waals surface area (Å²) in [5.41, 5.74) is 2.54. The average Bonchev–Trinajstić information content (AvgIpc) is 2.92. The molecule has 0 saturated carbocycles. The van der Waals surface area contributed by atoms with Crippen molar-refractivity contribution < 1.29 is 23.8 Å². The molecule has 8 heteroatoms. The zero-order valence-corrected chi connectivity index (χ0v) is 21.8. The monoisotopic (exact) mass is 528 g/mol. The van der Waals surface area contributed by atoms with Gasteiger partial charge in [-0.1, -0.05) is 30.3 Å². The molecule has 1 heterocycles. The number of anilines is 1. The molecular weight excluding hydrogens is 495 g/mol. The molecule has 0 spiro atoms. The van der Waals surface area contributed by atoms with Gasteiger partial charge in [0.2, 0.25) is 0 Å². The van der Waals surface area contributed by atoms with Crippen LogP contribution in [0.4, 0.5) is 10.1 Å². The highest BCUT2D eigenvalue weighted by molar-refractivity contribution is 5.98. The van der Waals surface area contributed by atoms with Crippen LogP contribution in [0.15, 0.2) is 72.8 Å². The topological polar surface area (TPSA) is 62.2 Å². The fourth-order valence-corrected chi connectivity index (χ4v) is 4.40. The number of Topliss-reactive ketones (excluding diaryl/α,β-unsaturated/α-hetero) is 1. The van der Waals surface area contributed by atoms with Crippen molar-refractivity contribution in [2.45, 2.75) is 18.9 Å². The first-order valence-corrected chi connectivity index (χ1v) is 12.3. The van der Waals surface area contributed by atoms with Gasteiger partial charge in [-0.15, -0.1) is 12.4 Å². The van der Waals surface area contributed by atoms with Gasteiger partial charge in [0, 0.05) is 50.9 Å². The molecule has 198 valence electrons. The Labute approximate surface area is 224 Å². The number of nitrogens with zero attached hydrogens (tertiary/aromatic N) is 2. The smallest absolute Gasteiger partial charge is 0.166 e. The van der Waals surface area contributed by atoms with Crippen molar-refractivity contribution in [1.82, 2.24) is 4.90 Å². The molecule has 1 atom stereocenters. The molecular formula is C29H34ClFN2O4. The van der Waals surface area contributed by atoms with Crippen LogP contribution in [0.1, 0.15) is 22.3 Å². The zero-order chi connectivity index (χ0) is 25.3. The first kappa shape index (κ1) is 28.4. The van der Waals surface area contributed by atoms with Gasteiger partial charge in [-0.05, 0) is 48.4 Å². The molecule has 1 aliphatic rings. The van der Waals surface area contributed by atoms with Gasteiger partial charge in [0.15, 0.2) is 5.78 Å². The average molecular weight is 529 g/mol. The molecule has 6 nitrogen and oxygen atoms in total. The summed E-state index contributed by atoms with van der Waals surface area (Å²) in [7, 11) is 1.67. The second-order valence-corrected chi connectivity index (χ2v) is 9.00. The highest BCUT2D eigenvalue weighted by Crippen LogP contribution is 2.23.